The van der Waals surface area contributed by atoms with E-state index in [4.69, 9.17) is 0 Å². The quantitative estimate of drug-likeness (QED) is 0.791. The standard InChI is InChI=1S/C15H15F3N4O2S/c1-8(25-14-21-20-13(24)22(14)11-5-6-11)12(23)19-10-4-2-3-9(7-10)15(16,17)18/h2-4,7-8,11H,5-6H2,1H3,(H,19,23)(H,20,24). The average Bonchev–Trinajstić information content (AvgIpc) is 3.31. The second kappa shape index (κ2) is 6.58. The second-order valence-electron chi connectivity index (χ2n) is 5.74. The smallest absolute Gasteiger partial charge is 0.325 e. The number of amides is 1. The van der Waals surface area contributed by atoms with Crippen molar-refractivity contribution in [2.75, 3.05) is 5.32 Å². The number of nitrogens with one attached hydrogen (secondary N) is 2. The lowest BCUT2D eigenvalue weighted by atomic mass is 10.2. The number of H-pyrrole nitrogens is 1. The summed E-state index contributed by atoms with van der Waals surface area (Å²) in [6.07, 6.45) is -2.70. The van der Waals surface area contributed by atoms with Gasteiger partial charge in [0.1, 0.15) is 0 Å². The molecule has 0 saturated heterocycles. The fourth-order valence-corrected chi connectivity index (χ4v) is 3.18. The van der Waals surface area contributed by atoms with Gasteiger partial charge in [-0.05, 0) is 38.0 Å². The molecule has 1 aliphatic rings. The van der Waals surface area contributed by atoms with Crippen molar-refractivity contribution in [3.8, 4) is 0 Å². The topological polar surface area (TPSA) is 79.8 Å². The van der Waals surface area contributed by atoms with Crippen LogP contribution < -0.4 is 11.0 Å². The maximum Gasteiger partial charge on any atom is 0.416 e. The maximum atomic E-state index is 12.7. The molecule has 1 aromatic carbocycles. The van der Waals surface area contributed by atoms with E-state index in [-0.39, 0.29) is 17.4 Å². The minimum atomic E-state index is -4.48. The summed E-state index contributed by atoms with van der Waals surface area (Å²) in [5.41, 5.74) is -1.09. The van der Waals surface area contributed by atoms with Crippen LogP contribution in [0.5, 0.6) is 0 Å². The second-order valence-corrected chi connectivity index (χ2v) is 7.05. The van der Waals surface area contributed by atoms with Crippen molar-refractivity contribution in [1.82, 2.24) is 14.8 Å². The molecule has 0 spiro atoms. The predicted molar refractivity (Wildman–Crippen MR) is 86.5 cm³/mol. The Bertz CT molecular complexity index is 842. The van der Waals surface area contributed by atoms with Crippen LogP contribution in [0.15, 0.2) is 34.2 Å². The van der Waals surface area contributed by atoms with Crippen molar-refractivity contribution in [2.24, 2.45) is 0 Å². The molecule has 2 N–H and O–H groups in total. The van der Waals surface area contributed by atoms with E-state index in [1.807, 2.05) is 0 Å². The van der Waals surface area contributed by atoms with Gasteiger partial charge in [-0.2, -0.15) is 13.2 Å². The molecule has 0 radical (unpaired) electrons. The fraction of sp³-hybridized carbons (Fsp3) is 0.400. The molecule has 1 aliphatic carbocycles. The van der Waals surface area contributed by atoms with E-state index in [1.165, 1.54) is 16.7 Å². The molecular formula is C15H15F3N4O2S. The summed E-state index contributed by atoms with van der Waals surface area (Å²) in [7, 11) is 0. The number of halogens is 3. The maximum absolute atomic E-state index is 12.7. The number of hydrogen-bond acceptors (Lipinski definition) is 4. The molecule has 6 nitrogen and oxygen atoms in total. The molecule has 3 rings (SSSR count). The first-order valence-electron chi connectivity index (χ1n) is 7.57. The summed E-state index contributed by atoms with van der Waals surface area (Å²) in [6, 6.07) is 4.54. The van der Waals surface area contributed by atoms with Crippen molar-refractivity contribution in [1.29, 1.82) is 0 Å². The normalized spacial score (nSPS) is 15.8. The van der Waals surface area contributed by atoms with Gasteiger partial charge in [0.15, 0.2) is 5.16 Å². The third-order valence-corrected chi connectivity index (χ3v) is 4.76. The van der Waals surface area contributed by atoms with E-state index in [2.05, 4.69) is 15.5 Å². The zero-order valence-electron chi connectivity index (χ0n) is 13.1. The van der Waals surface area contributed by atoms with Crippen LogP contribution in [0, 0.1) is 0 Å². The first-order chi connectivity index (χ1) is 11.8. The van der Waals surface area contributed by atoms with Crippen LogP contribution in [0.1, 0.15) is 31.4 Å². The summed E-state index contributed by atoms with van der Waals surface area (Å²) < 4.78 is 39.7. The number of alkyl halides is 3. The Kier molecular flexibility index (Phi) is 4.63. The summed E-state index contributed by atoms with van der Waals surface area (Å²) in [4.78, 5) is 24.0. The SMILES string of the molecule is CC(Sc1n[nH]c(=O)n1C1CC1)C(=O)Nc1cccc(C(F)(F)F)c1. The summed E-state index contributed by atoms with van der Waals surface area (Å²) in [5.74, 6) is -0.470. The lowest BCUT2D eigenvalue weighted by Gasteiger charge is -2.13. The van der Waals surface area contributed by atoms with Crippen molar-refractivity contribution >= 4 is 23.4 Å². The average molecular weight is 372 g/mol. The third-order valence-electron chi connectivity index (χ3n) is 3.69. The number of nitrogens with zero attached hydrogens (tertiary/aromatic N) is 2. The van der Waals surface area contributed by atoms with Gasteiger partial charge in [0, 0.05) is 11.7 Å². The Hall–Kier alpha value is -2.23. The number of aromatic amines is 1. The summed E-state index contributed by atoms with van der Waals surface area (Å²) in [5, 5.41) is 8.49. The lowest BCUT2D eigenvalue weighted by Crippen LogP contribution is -2.24. The number of anilines is 1. The van der Waals surface area contributed by atoms with E-state index in [1.54, 1.807) is 6.92 Å². The zero-order chi connectivity index (χ0) is 18.2. The highest BCUT2D eigenvalue weighted by Crippen LogP contribution is 2.37. The molecule has 1 unspecified atom stereocenters. The molecular weight excluding hydrogens is 357 g/mol. The number of carbonyl (C=O) groups is 1. The molecule has 0 aliphatic heterocycles. The Morgan fingerprint density at radius 3 is 2.80 bits per heavy atom. The molecule has 2 aromatic rings. The van der Waals surface area contributed by atoms with Crippen LogP contribution >= 0.6 is 11.8 Å². The number of hydrogen-bond donors (Lipinski definition) is 2. The van der Waals surface area contributed by atoms with Crippen molar-refractivity contribution < 1.29 is 18.0 Å². The van der Waals surface area contributed by atoms with Gasteiger partial charge in [-0.25, -0.2) is 9.89 Å². The van der Waals surface area contributed by atoms with Gasteiger partial charge < -0.3 is 5.32 Å². The number of carbonyl (C=O) groups excluding carboxylic acids is 1. The Morgan fingerprint density at radius 2 is 2.16 bits per heavy atom. The Morgan fingerprint density at radius 1 is 1.44 bits per heavy atom. The Balaban J connectivity index is 1.68. The van der Waals surface area contributed by atoms with E-state index < -0.39 is 22.9 Å². The molecule has 10 heteroatoms. The van der Waals surface area contributed by atoms with Crippen molar-refractivity contribution in [2.45, 2.75) is 42.4 Å². The van der Waals surface area contributed by atoms with E-state index in [0.29, 0.717) is 5.16 Å². The van der Waals surface area contributed by atoms with Gasteiger partial charge >= 0.3 is 11.9 Å². The minimum absolute atomic E-state index is 0.0638. The highest BCUT2D eigenvalue weighted by Gasteiger charge is 2.31. The first-order valence-corrected chi connectivity index (χ1v) is 8.45. The number of thioether (sulfide) groups is 1. The monoisotopic (exact) mass is 372 g/mol. The predicted octanol–water partition coefficient (Wildman–Crippen LogP) is 3.04. The summed E-state index contributed by atoms with van der Waals surface area (Å²) in [6.45, 7) is 1.60. The largest absolute Gasteiger partial charge is 0.416 e. The van der Waals surface area contributed by atoms with E-state index in [0.717, 1.165) is 36.7 Å². The molecule has 1 heterocycles. The van der Waals surface area contributed by atoms with Crippen LogP contribution in [0.2, 0.25) is 0 Å². The molecule has 1 amide bonds. The molecule has 1 saturated carbocycles. The zero-order valence-corrected chi connectivity index (χ0v) is 13.9. The highest BCUT2D eigenvalue weighted by atomic mass is 32.2. The van der Waals surface area contributed by atoms with E-state index >= 15 is 0 Å². The molecule has 1 atom stereocenters. The van der Waals surface area contributed by atoms with Crippen LogP contribution in [0.25, 0.3) is 0 Å². The highest BCUT2D eigenvalue weighted by molar-refractivity contribution is 8.00. The minimum Gasteiger partial charge on any atom is -0.325 e. The Labute approximate surface area is 144 Å². The molecule has 0 bridgehead atoms. The van der Waals surface area contributed by atoms with Crippen LogP contribution in [0.3, 0.4) is 0 Å². The fourth-order valence-electron chi connectivity index (χ4n) is 2.26. The van der Waals surface area contributed by atoms with Gasteiger partial charge in [0.2, 0.25) is 5.91 Å². The van der Waals surface area contributed by atoms with Gasteiger partial charge in [-0.3, -0.25) is 9.36 Å². The van der Waals surface area contributed by atoms with Crippen LogP contribution in [-0.4, -0.2) is 25.9 Å². The molecule has 134 valence electrons. The van der Waals surface area contributed by atoms with Gasteiger partial charge in [0.25, 0.3) is 0 Å². The molecule has 1 fully saturated rings. The van der Waals surface area contributed by atoms with Gasteiger partial charge in [-0.1, -0.05) is 17.8 Å². The molecule has 1 aromatic heterocycles. The number of benzene rings is 1. The van der Waals surface area contributed by atoms with Crippen molar-refractivity contribution in [3.63, 3.8) is 0 Å². The number of rotatable bonds is 5. The summed E-state index contributed by atoms with van der Waals surface area (Å²) >= 11 is 1.08. The first kappa shape index (κ1) is 17.6. The lowest BCUT2D eigenvalue weighted by molar-refractivity contribution is -0.137. The third kappa shape index (κ3) is 4.06. The molecule has 25 heavy (non-hydrogen) atoms. The van der Waals surface area contributed by atoms with Crippen molar-refractivity contribution in [3.05, 3.63) is 40.3 Å². The van der Waals surface area contributed by atoms with Gasteiger partial charge in [0.05, 0.1) is 10.8 Å². The number of aromatic nitrogens is 3. The van der Waals surface area contributed by atoms with Gasteiger partial charge in [-0.15, -0.1) is 5.10 Å². The van der Waals surface area contributed by atoms with E-state index in [9.17, 15) is 22.8 Å². The van der Waals surface area contributed by atoms with Crippen LogP contribution in [-0.2, 0) is 11.0 Å². The van der Waals surface area contributed by atoms with Crippen LogP contribution in [0.4, 0.5) is 18.9 Å².